The van der Waals surface area contributed by atoms with Crippen LogP contribution >= 0.6 is 22.6 Å². The van der Waals surface area contributed by atoms with Crippen LogP contribution in [-0.4, -0.2) is 27.7 Å². The second-order valence-corrected chi connectivity index (χ2v) is 3.29. The Hall–Kier alpha value is 0.160. The van der Waals surface area contributed by atoms with Crippen LogP contribution in [0.3, 0.4) is 0 Å². The molecule has 0 aromatic rings. The monoisotopic (exact) mass is 256 g/mol. The molecular weight excluding hydrogens is 247 g/mol. The molecule has 1 saturated heterocycles. The summed E-state index contributed by atoms with van der Waals surface area (Å²) in [6.45, 7) is 1.68. The van der Waals surface area contributed by atoms with E-state index >= 15 is 0 Å². The van der Waals surface area contributed by atoms with Gasteiger partial charge in [0, 0.05) is 4.43 Å². The Morgan fingerprint density at radius 2 is 2.40 bits per heavy atom. The number of hydrogen-bond acceptors (Lipinski definition) is 3. The van der Waals surface area contributed by atoms with Crippen LogP contribution in [0.2, 0.25) is 0 Å². The fourth-order valence-corrected chi connectivity index (χ4v) is 1.61. The Kier molecular flexibility index (Phi) is 2.51. The molecule has 0 aliphatic carbocycles. The van der Waals surface area contributed by atoms with Crippen molar-refractivity contribution < 1.29 is 14.6 Å². The number of carbonyl (C=O) groups excluding carboxylic acids is 1. The molecule has 3 nitrogen and oxygen atoms in total. The number of carbonyl (C=O) groups is 1. The van der Waals surface area contributed by atoms with E-state index in [0.29, 0.717) is 4.43 Å². The van der Waals surface area contributed by atoms with Crippen LogP contribution in [0.25, 0.3) is 0 Å². The van der Waals surface area contributed by atoms with Crippen molar-refractivity contribution >= 4 is 28.6 Å². The molecule has 1 aliphatic rings. The average molecular weight is 256 g/mol. The molecule has 1 aliphatic heterocycles. The molecule has 0 spiro atoms. The van der Waals surface area contributed by atoms with Crippen molar-refractivity contribution in [1.82, 2.24) is 0 Å². The zero-order chi connectivity index (χ0) is 7.72. The van der Waals surface area contributed by atoms with Crippen LogP contribution in [0.5, 0.6) is 0 Å². The first-order valence-electron chi connectivity index (χ1n) is 3.11. The molecule has 4 heteroatoms. The summed E-state index contributed by atoms with van der Waals surface area (Å²) in [4.78, 5) is 10.8. The van der Waals surface area contributed by atoms with Gasteiger partial charge in [0.05, 0.1) is 5.92 Å². The molecule has 0 unspecified atom stereocenters. The Bertz CT molecular complexity index is 148. The van der Waals surface area contributed by atoms with Crippen LogP contribution in [0, 0.1) is 5.92 Å². The Labute approximate surface area is 72.9 Å². The minimum atomic E-state index is -0.607. The van der Waals surface area contributed by atoms with Gasteiger partial charge in [-0.15, -0.1) is 0 Å². The number of ether oxygens (including phenoxy) is 1. The average Bonchev–Trinajstić information content (AvgIpc) is 2.17. The molecule has 0 radical (unpaired) electrons. The predicted molar refractivity (Wildman–Crippen MR) is 43.9 cm³/mol. The first kappa shape index (κ1) is 8.26. The van der Waals surface area contributed by atoms with E-state index in [1.807, 2.05) is 0 Å². The molecule has 0 aromatic carbocycles. The summed E-state index contributed by atoms with van der Waals surface area (Å²) < 4.78 is 5.50. The van der Waals surface area contributed by atoms with Crippen molar-refractivity contribution in [3.05, 3.63) is 0 Å². The zero-order valence-electron chi connectivity index (χ0n) is 5.58. The molecule has 1 fully saturated rings. The van der Waals surface area contributed by atoms with Gasteiger partial charge in [-0.3, -0.25) is 4.79 Å². The van der Waals surface area contributed by atoms with E-state index in [4.69, 9.17) is 4.74 Å². The fraction of sp³-hybridized carbons (Fsp3) is 0.833. The van der Waals surface area contributed by atoms with Gasteiger partial charge in [0.2, 0.25) is 0 Å². The van der Waals surface area contributed by atoms with Gasteiger partial charge in [-0.25, -0.2) is 0 Å². The minimum absolute atomic E-state index is 0.283. The zero-order valence-corrected chi connectivity index (χ0v) is 7.74. The normalized spacial score (nSPS) is 39.9. The predicted octanol–water partition coefficient (Wildman–Crippen LogP) is 0.344. The molecule has 0 bridgehead atoms. The van der Waals surface area contributed by atoms with Crippen molar-refractivity contribution in [3.8, 4) is 0 Å². The molecule has 1 N–H and O–H groups in total. The van der Waals surface area contributed by atoms with Crippen molar-refractivity contribution in [2.45, 2.75) is 19.1 Å². The number of halogens is 1. The van der Waals surface area contributed by atoms with Crippen LogP contribution in [0.1, 0.15) is 6.92 Å². The molecule has 3 atom stereocenters. The smallest absolute Gasteiger partial charge is 0.311 e. The summed E-state index contributed by atoms with van der Waals surface area (Å²) in [5, 5.41) is 9.28. The number of hydrogen-bond donors (Lipinski definition) is 1. The Morgan fingerprint density at radius 3 is 2.60 bits per heavy atom. The Morgan fingerprint density at radius 1 is 1.80 bits per heavy atom. The Balaban J connectivity index is 2.61. The van der Waals surface area contributed by atoms with Gasteiger partial charge in [0.1, 0.15) is 12.2 Å². The molecule has 0 amide bonds. The quantitative estimate of drug-likeness (QED) is 0.418. The molecule has 58 valence electrons. The van der Waals surface area contributed by atoms with Gasteiger partial charge in [0.15, 0.2) is 0 Å². The molecule has 0 saturated carbocycles. The van der Waals surface area contributed by atoms with Crippen molar-refractivity contribution in [2.24, 2.45) is 5.92 Å². The number of alkyl halides is 1. The first-order valence-corrected chi connectivity index (χ1v) is 4.64. The molecule has 1 heterocycles. The maximum atomic E-state index is 10.8. The topological polar surface area (TPSA) is 46.5 Å². The summed E-state index contributed by atoms with van der Waals surface area (Å²) >= 11 is 2.09. The van der Waals surface area contributed by atoms with E-state index in [9.17, 15) is 9.90 Å². The third-order valence-electron chi connectivity index (χ3n) is 1.68. The number of aliphatic hydroxyl groups excluding tert-OH is 1. The van der Waals surface area contributed by atoms with Gasteiger partial charge >= 0.3 is 5.97 Å². The lowest BCUT2D eigenvalue weighted by atomic mass is 10.1. The van der Waals surface area contributed by atoms with Gasteiger partial charge < -0.3 is 9.84 Å². The lowest BCUT2D eigenvalue weighted by Crippen LogP contribution is -2.26. The summed E-state index contributed by atoms with van der Waals surface area (Å²) in [5.41, 5.74) is 0. The van der Waals surface area contributed by atoms with E-state index in [1.54, 1.807) is 6.92 Å². The van der Waals surface area contributed by atoms with Crippen LogP contribution in [0.15, 0.2) is 0 Å². The van der Waals surface area contributed by atoms with Gasteiger partial charge in [0.25, 0.3) is 0 Å². The second kappa shape index (κ2) is 3.04. The van der Waals surface area contributed by atoms with Crippen molar-refractivity contribution in [3.63, 3.8) is 0 Å². The SMILES string of the molecule is C[C@@H]1C(=O)O[C@H](CI)[C@@H]1O. The van der Waals surface area contributed by atoms with E-state index in [2.05, 4.69) is 22.6 Å². The minimum Gasteiger partial charge on any atom is -0.458 e. The van der Waals surface area contributed by atoms with Crippen LogP contribution < -0.4 is 0 Å². The number of esters is 1. The number of aliphatic hydroxyl groups is 1. The highest BCUT2D eigenvalue weighted by Crippen LogP contribution is 2.22. The third-order valence-corrected chi connectivity index (χ3v) is 2.55. The van der Waals surface area contributed by atoms with E-state index in [-0.39, 0.29) is 18.0 Å². The molecular formula is C6H9IO3. The highest BCUT2D eigenvalue weighted by Gasteiger charge is 2.39. The van der Waals surface area contributed by atoms with Gasteiger partial charge in [-0.1, -0.05) is 22.6 Å². The van der Waals surface area contributed by atoms with E-state index < -0.39 is 6.10 Å². The summed E-state index contributed by atoms with van der Waals surface area (Å²) in [5.74, 6) is -0.631. The molecule has 0 aromatic heterocycles. The van der Waals surface area contributed by atoms with E-state index in [0.717, 1.165) is 0 Å². The third kappa shape index (κ3) is 1.27. The maximum absolute atomic E-state index is 10.8. The lowest BCUT2D eigenvalue weighted by molar-refractivity contribution is -0.143. The van der Waals surface area contributed by atoms with Crippen molar-refractivity contribution in [2.75, 3.05) is 4.43 Å². The van der Waals surface area contributed by atoms with Gasteiger partial charge in [-0.05, 0) is 6.92 Å². The lowest BCUT2D eigenvalue weighted by Gasteiger charge is -2.09. The second-order valence-electron chi connectivity index (χ2n) is 2.41. The van der Waals surface area contributed by atoms with Gasteiger partial charge in [-0.2, -0.15) is 0 Å². The molecule has 10 heavy (non-hydrogen) atoms. The molecule has 1 rings (SSSR count). The largest absolute Gasteiger partial charge is 0.458 e. The highest BCUT2D eigenvalue weighted by molar-refractivity contribution is 14.1. The summed E-state index contributed by atoms with van der Waals surface area (Å²) in [7, 11) is 0. The highest BCUT2D eigenvalue weighted by atomic mass is 127. The van der Waals surface area contributed by atoms with Crippen LogP contribution in [0.4, 0.5) is 0 Å². The summed E-state index contributed by atoms with van der Waals surface area (Å²) in [6.07, 6.45) is -0.896. The summed E-state index contributed by atoms with van der Waals surface area (Å²) in [6, 6.07) is 0. The number of rotatable bonds is 1. The maximum Gasteiger partial charge on any atom is 0.311 e. The van der Waals surface area contributed by atoms with Crippen LogP contribution in [-0.2, 0) is 9.53 Å². The number of cyclic esters (lactones) is 1. The standard InChI is InChI=1S/C6H9IO3/c1-3-5(8)4(2-7)10-6(3)9/h3-5,8H,2H2,1H3/t3-,4+,5+/m0/s1. The van der Waals surface area contributed by atoms with E-state index in [1.165, 1.54) is 0 Å². The van der Waals surface area contributed by atoms with Crippen molar-refractivity contribution in [1.29, 1.82) is 0 Å². The fourth-order valence-electron chi connectivity index (χ4n) is 0.910. The first-order chi connectivity index (χ1) is 4.66.